The van der Waals surface area contributed by atoms with E-state index in [1.807, 2.05) is 18.2 Å². The first-order valence-electron chi connectivity index (χ1n) is 5.80. The van der Waals surface area contributed by atoms with Crippen LogP contribution in [0, 0.1) is 0 Å². The number of nitrogens with one attached hydrogen (secondary N) is 1. The second kappa shape index (κ2) is 4.50. The van der Waals surface area contributed by atoms with Gasteiger partial charge in [-0.15, -0.1) is 11.3 Å². The van der Waals surface area contributed by atoms with Crippen molar-refractivity contribution in [3.8, 4) is 0 Å². The van der Waals surface area contributed by atoms with Gasteiger partial charge in [0.25, 0.3) is 10.0 Å². The molecule has 5 heteroatoms. The summed E-state index contributed by atoms with van der Waals surface area (Å²) in [5.41, 5.74) is 2.36. The molecule has 0 fully saturated rings. The maximum atomic E-state index is 12.2. The van der Waals surface area contributed by atoms with Crippen molar-refractivity contribution in [2.45, 2.75) is 23.1 Å². The van der Waals surface area contributed by atoms with Gasteiger partial charge in [0.2, 0.25) is 0 Å². The average Bonchev–Trinajstić information content (AvgIpc) is 2.99. The van der Waals surface area contributed by atoms with E-state index in [2.05, 4.69) is 10.8 Å². The van der Waals surface area contributed by atoms with Crippen molar-refractivity contribution in [2.24, 2.45) is 0 Å². The predicted molar refractivity (Wildman–Crippen MR) is 72.1 cm³/mol. The monoisotopic (exact) mass is 279 g/mol. The van der Waals surface area contributed by atoms with Crippen molar-refractivity contribution < 1.29 is 8.42 Å². The van der Waals surface area contributed by atoms with E-state index in [4.69, 9.17) is 0 Å². The lowest BCUT2D eigenvalue weighted by atomic mass is 10.1. The molecule has 0 bridgehead atoms. The third-order valence-electron chi connectivity index (χ3n) is 3.19. The summed E-state index contributed by atoms with van der Waals surface area (Å²) in [6.45, 7) is 0. The molecule has 0 aliphatic heterocycles. The zero-order valence-corrected chi connectivity index (χ0v) is 11.3. The molecular weight excluding hydrogens is 266 g/mol. The van der Waals surface area contributed by atoms with Gasteiger partial charge in [0.15, 0.2) is 0 Å². The van der Waals surface area contributed by atoms with Crippen LogP contribution in [-0.4, -0.2) is 8.42 Å². The SMILES string of the molecule is O=S(=O)(N[C@H]1CCc2ccccc21)c1cccs1. The highest BCUT2D eigenvalue weighted by atomic mass is 32.2. The maximum Gasteiger partial charge on any atom is 0.250 e. The van der Waals surface area contributed by atoms with Gasteiger partial charge in [-0.25, -0.2) is 13.1 Å². The molecule has 1 aliphatic rings. The number of rotatable bonds is 3. The molecule has 2 aromatic rings. The predicted octanol–water partition coefficient (Wildman–Crippen LogP) is 2.71. The van der Waals surface area contributed by atoms with E-state index in [1.165, 1.54) is 16.9 Å². The Morgan fingerprint density at radius 3 is 2.78 bits per heavy atom. The van der Waals surface area contributed by atoms with Crippen molar-refractivity contribution in [1.29, 1.82) is 0 Å². The topological polar surface area (TPSA) is 46.2 Å². The summed E-state index contributed by atoms with van der Waals surface area (Å²) < 4.78 is 27.5. The summed E-state index contributed by atoms with van der Waals surface area (Å²) in [4.78, 5) is 0. The van der Waals surface area contributed by atoms with Gasteiger partial charge in [0.05, 0.1) is 0 Å². The summed E-state index contributed by atoms with van der Waals surface area (Å²) >= 11 is 1.24. The maximum absolute atomic E-state index is 12.2. The Balaban J connectivity index is 1.88. The van der Waals surface area contributed by atoms with Crippen LogP contribution in [0.3, 0.4) is 0 Å². The van der Waals surface area contributed by atoms with Crippen molar-refractivity contribution in [3.05, 3.63) is 52.9 Å². The molecule has 18 heavy (non-hydrogen) atoms. The van der Waals surface area contributed by atoms with E-state index >= 15 is 0 Å². The third kappa shape index (κ3) is 2.09. The van der Waals surface area contributed by atoms with E-state index in [1.54, 1.807) is 17.5 Å². The summed E-state index contributed by atoms with van der Waals surface area (Å²) in [5.74, 6) is 0. The molecule has 0 saturated heterocycles. The summed E-state index contributed by atoms with van der Waals surface area (Å²) in [5, 5.41) is 1.77. The highest BCUT2D eigenvalue weighted by molar-refractivity contribution is 7.91. The Morgan fingerprint density at radius 1 is 1.17 bits per heavy atom. The van der Waals surface area contributed by atoms with Gasteiger partial charge in [-0.1, -0.05) is 30.3 Å². The Hall–Kier alpha value is -1.17. The largest absolute Gasteiger partial charge is 0.250 e. The van der Waals surface area contributed by atoms with Gasteiger partial charge in [0.1, 0.15) is 4.21 Å². The van der Waals surface area contributed by atoms with Crippen LogP contribution in [-0.2, 0) is 16.4 Å². The van der Waals surface area contributed by atoms with Gasteiger partial charge < -0.3 is 0 Å². The molecule has 1 aromatic heterocycles. The Morgan fingerprint density at radius 2 is 2.00 bits per heavy atom. The Bertz CT molecular complexity index is 647. The summed E-state index contributed by atoms with van der Waals surface area (Å²) in [6, 6.07) is 11.3. The second-order valence-electron chi connectivity index (χ2n) is 4.34. The Labute approximate surface area is 111 Å². The van der Waals surface area contributed by atoms with Crippen molar-refractivity contribution in [2.75, 3.05) is 0 Å². The van der Waals surface area contributed by atoms with Crippen molar-refractivity contribution >= 4 is 21.4 Å². The fraction of sp³-hybridized carbons (Fsp3) is 0.231. The number of hydrogen-bond acceptors (Lipinski definition) is 3. The zero-order valence-electron chi connectivity index (χ0n) is 9.67. The van der Waals surface area contributed by atoms with Crippen molar-refractivity contribution in [3.63, 3.8) is 0 Å². The first kappa shape index (κ1) is 11.9. The van der Waals surface area contributed by atoms with E-state index in [0.29, 0.717) is 4.21 Å². The smallest absolute Gasteiger partial charge is 0.206 e. The van der Waals surface area contributed by atoms with Crippen molar-refractivity contribution in [1.82, 2.24) is 4.72 Å². The number of hydrogen-bond donors (Lipinski definition) is 1. The number of benzene rings is 1. The molecular formula is C13H13NO2S2. The lowest BCUT2D eigenvalue weighted by Gasteiger charge is -2.13. The van der Waals surface area contributed by atoms with Crippen LogP contribution in [0.5, 0.6) is 0 Å². The van der Waals surface area contributed by atoms with Gasteiger partial charge in [-0.3, -0.25) is 0 Å². The van der Waals surface area contributed by atoms with Crippen LogP contribution in [0.25, 0.3) is 0 Å². The minimum absolute atomic E-state index is 0.0895. The summed E-state index contributed by atoms with van der Waals surface area (Å²) in [7, 11) is -3.37. The van der Waals surface area contributed by atoms with Gasteiger partial charge in [0, 0.05) is 6.04 Å². The molecule has 3 rings (SSSR count). The van der Waals surface area contributed by atoms with E-state index in [-0.39, 0.29) is 6.04 Å². The van der Waals surface area contributed by atoms with Gasteiger partial charge in [-0.2, -0.15) is 0 Å². The van der Waals surface area contributed by atoms with Gasteiger partial charge in [-0.05, 0) is 35.4 Å². The standard InChI is InChI=1S/C13H13NO2S2/c15-18(16,13-6-3-9-17-13)14-12-8-7-10-4-1-2-5-11(10)12/h1-6,9,12,14H,7-8H2/t12-/m0/s1. The molecule has 1 atom stereocenters. The average molecular weight is 279 g/mol. The third-order valence-corrected chi connectivity index (χ3v) is 6.06. The fourth-order valence-electron chi connectivity index (χ4n) is 2.34. The highest BCUT2D eigenvalue weighted by Crippen LogP contribution is 2.32. The number of thiophene rings is 1. The van der Waals surface area contributed by atoms with Crippen LogP contribution < -0.4 is 4.72 Å². The quantitative estimate of drug-likeness (QED) is 0.939. The zero-order chi connectivity index (χ0) is 12.6. The molecule has 0 radical (unpaired) electrons. The second-order valence-corrected chi connectivity index (χ2v) is 7.23. The number of fused-ring (bicyclic) bond motifs is 1. The number of aryl methyl sites for hydroxylation is 1. The van der Waals surface area contributed by atoms with Gasteiger partial charge >= 0.3 is 0 Å². The van der Waals surface area contributed by atoms with E-state index in [9.17, 15) is 8.42 Å². The van der Waals surface area contributed by atoms with Crippen LogP contribution in [0.15, 0.2) is 46.0 Å². The molecule has 0 spiro atoms. The molecule has 3 nitrogen and oxygen atoms in total. The fourth-order valence-corrected chi connectivity index (χ4v) is 4.60. The minimum atomic E-state index is -3.37. The van der Waals surface area contributed by atoms with E-state index in [0.717, 1.165) is 18.4 Å². The number of sulfonamides is 1. The lowest BCUT2D eigenvalue weighted by molar-refractivity contribution is 0.556. The molecule has 1 aromatic carbocycles. The molecule has 94 valence electrons. The lowest BCUT2D eigenvalue weighted by Crippen LogP contribution is -2.26. The first-order chi connectivity index (χ1) is 8.67. The normalized spacial score (nSPS) is 18.8. The summed E-state index contributed by atoms with van der Waals surface area (Å²) in [6.07, 6.45) is 1.78. The first-order valence-corrected chi connectivity index (χ1v) is 8.17. The molecule has 1 heterocycles. The van der Waals surface area contributed by atoms with Crippen LogP contribution in [0.4, 0.5) is 0 Å². The highest BCUT2D eigenvalue weighted by Gasteiger charge is 2.27. The van der Waals surface area contributed by atoms with Crippen LogP contribution >= 0.6 is 11.3 Å². The molecule has 0 amide bonds. The van der Waals surface area contributed by atoms with E-state index < -0.39 is 10.0 Å². The van der Waals surface area contributed by atoms with Crippen LogP contribution in [0.1, 0.15) is 23.6 Å². The molecule has 1 aliphatic carbocycles. The molecule has 0 saturated carbocycles. The van der Waals surface area contributed by atoms with Crippen LogP contribution in [0.2, 0.25) is 0 Å². The molecule has 0 unspecified atom stereocenters. The Kier molecular flexibility index (Phi) is 2.97. The minimum Gasteiger partial charge on any atom is -0.206 e. The molecule has 1 N–H and O–H groups in total.